The van der Waals surface area contributed by atoms with Crippen LogP contribution in [0.1, 0.15) is 32.0 Å². The maximum atomic E-state index is 12.8. The van der Waals surface area contributed by atoms with Gasteiger partial charge in [-0.15, -0.1) is 0 Å². The molecular weight excluding hydrogens is 346 g/mol. The number of nitrogen functional groups attached to an aromatic ring is 1. The Balaban J connectivity index is 2.32. The van der Waals surface area contributed by atoms with Crippen molar-refractivity contribution in [3.05, 3.63) is 60.4 Å². The molecule has 0 aliphatic carbocycles. The fraction of sp³-hybridized carbons (Fsp3) is 0.300. The van der Waals surface area contributed by atoms with E-state index in [9.17, 15) is 8.42 Å². The topological polar surface area (TPSA) is 77.1 Å². The summed E-state index contributed by atoms with van der Waals surface area (Å²) in [5.41, 5.74) is 8.11. The summed E-state index contributed by atoms with van der Waals surface area (Å²) in [4.78, 5) is 0.110. The summed E-state index contributed by atoms with van der Waals surface area (Å²) in [6.45, 7) is 10.3. The standard InChI is InChI=1S/C20H27N3O2S/c1-5-9-19-16(6-2)12-13-23(19)14-18(15(3)4)22-26(24,25)20-11-8-7-10-17(20)21/h5-13,15,18,22H,2,14,21H2,1,3-4H3. The molecule has 0 fully saturated rings. The number of nitrogens with zero attached hydrogens (tertiary/aromatic N) is 1. The molecule has 26 heavy (non-hydrogen) atoms. The molecule has 0 amide bonds. The van der Waals surface area contributed by atoms with Gasteiger partial charge in [-0.3, -0.25) is 0 Å². The van der Waals surface area contributed by atoms with Crippen molar-refractivity contribution in [2.45, 2.75) is 38.3 Å². The van der Waals surface area contributed by atoms with Gasteiger partial charge in [0.05, 0.1) is 5.69 Å². The van der Waals surface area contributed by atoms with Crippen molar-refractivity contribution in [2.24, 2.45) is 5.92 Å². The SMILES string of the molecule is C=Cc1ccn(CC(NS(=O)(=O)c2ccccc2N)C(C)C)c1C=CC. The fourth-order valence-corrected chi connectivity index (χ4v) is 4.28. The van der Waals surface area contributed by atoms with E-state index in [1.165, 1.54) is 6.07 Å². The van der Waals surface area contributed by atoms with Crippen molar-refractivity contribution in [1.29, 1.82) is 0 Å². The van der Waals surface area contributed by atoms with Crippen molar-refractivity contribution < 1.29 is 8.42 Å². The summed E-state index contributed by atoms with van der Waals surface area (Å²) >= 11 is 0. The number of rotatable bonds is 8. The Labute approximate surface area is 156 Å². The third-order valence-corrected chi connectivity index (χ3v) is 5.86. The van der Waals surface area contributed by atoms with E-state index < -0.39 is 10.0 Å². The van der Waals surface area contributed by atoms with E-state index in [4.69, 9.17) is 5.73 Å². The van der Waals surface area contributed by atoms with Crippen LogP contribution >= 0.6 is 0 Å². The first-order chi connectivity index (χ1) is 12.3. The van der Waals surface area contributed by atoms with E-state index in [2.05, 4.69) is 11.3 Å². The smallest absolute Gasteiger partial charge is 0.242 e. The van der Waals surface area contributed by atoms with Gasteiger partial charge in [-0.2, -0.15) is 0 Å². The number of para-hydroxylation sites is 1. The molecule has 5 nitrogen and oxygen atoms in total. The third-order valence-electron chi connectivity index (χ3n) is 4.30. The van der Waals surface area contributed by atoms with E-state index in [0.29, 0.717) is 6.54 Å². The fourth-order valence-electron chi connectivity index (χ4n) is 2.77. The first-order valence-corrected chi connectivity index (χ1v) is 10.1. The molecule has 0 radical (unpaired) electrons. The van der Waals surface area contributed by atoms with Gasteiger partial charge in [-0.25, -0.2) is 13.1 Å². The van der Waals surface area contributed by atoms with Crippen molar-refractivity contribution in [1.82, 2.24) is 9.29 Å². The second-order valence-corrected chi connectivity index (χ2v) is 8.20. The molecule has 0 aliphatic rings. The lowest BCUT2D eigenvalue weighted by Gasteiger charge is -2.24. The van der Waals surface area contributed by atoms with Crippen molar-refractivity contribution >= 4 is 27.9 Å². The van der Waals surface area contributed by atoms with Crippen LogP contribution in [0.2, 0.25) is 0 Å². The van der Waals surface area contributed by atoms with Gasteiger partial charge in [0.1, 0.15) is 4.90 Å². The molecule has 2 rings (SSSR count). The normalized spacial score (nSPS) is 13.4. The lowest BCUT2D eigenvalue weighted by molar-refractivity contribution is 0.398. The predicted octanol–water partition coefficient (Wildman–Crippen LogP) is 3.75. The molecule has 0 bridgehead atoms. The molecule has 2 aromatic rings. The summed E-state index contributed by atoms with van der Waals surface area (Å²) in [6.07, 6.45) is 7.70. The van der Waals surface area contributed by atoms with E-state index in [-0.39, 0.29) is 22.5 Å². The quantitative estimate of drug-likeness (QED) is 0.692. The molecule has 1 heterocycles. The number of anilines is 1. The summed E-state index contributed by atoms with van der Waals surface area (Å²) in [6, 6.07) is 8.19. The van der Waals surface area contributed by atoms with E-state index in [0.717, 1.165) is 11.3 Å². The highest BCUT2D eigenvalue weighted by molar-refractivity contribution is 7.89. The largest absolute Gasteiger partial charge is 0.398 e. The van der Waals surface area contributed by atoms with Gasteiger partial charge in [0.25, 0.3) is 0 Å². The number of benzene rings is 1. The molecule has 0 spiro atoms. The first kappa shape index (κ1) is 20.0. The second kappa shape index (κ2) is 8.38. The molecule has 1 aromatic carbocycles. The molecule has 3 N–H and O–H groups in total. The van der Waals surface area contributed by atoms with Gasteiger partial charge in [0.2, 0.25) is 10.0 Å². The highest BCUT2D eigenvalue weighted by Crippen LogP contribution is 2.21. The Bertz CT molecular complexity index is 896. The van der Waals surface area contributed by atoms with Gasteiger partial charge in [-0.1, -0.05) is 44.7 Å². The van der Waals surface area contributed by atoms with Crippen LogP contribution in [0.5, 0.6) is 0 Å². The summed E-state index contributed by atoms with van der Waals surface area (Å²) in [7, 11) is -3.71. The van der Waals surface area contributed by atoms with Crippen LogP contribution in [0.4, 0.5) is 5.69 Å². The molecule has 0 saturated heterocycles. The molecule has 6 heteroatoms. The lowest BCUT2D eigenvalue weighted by Crippen LogP contribution is -2.41. The molecule has 0 saturated carbocycles. The van der Waals surface area contributed by atoms with E-state index in [1.54, 1.807) is 24.3 Å². The Hall–Kier alpha value is -2.31. The van der Waals surface area contributed by atoms with E-state index in [1.807, 2.05) is 49.8 Å². The Kier molecular flexibility index (Phi) is 6.45. The average molecular weight is 374 g/mol. The minimum atomic E-state index is -3.71. The minimum Gasteiger partial charge on any atom is -0.398 e. The minimum absolute atomic E-state index is 0.0998. The Morgan fingerprint density at radius 2 is 1.96 bits per heavy atom. The lowest BCUT2D eigenvalue weighted by atomic mass is 10.1. The molecule has 0 aliphatic heterocycles. The zero-order chi connectivity index (χ0) is 19.3. The molecule has 1 unspecified atom stereocenters. The second-order valence-electron chi connectivity index (χ2n) is 6.52. The maximum Gasteiger partial charge on any atom is 0.242 e. The monoisotopic (exact) mass is 373 g/mol. The van der Waals surface area contributed by atoms with Gasteiger partial charge >= 0.3 is 0 Å². The van der Waals surface area contributed by atoms with Gasteiger partial charge in [0.15, 0.2) is 0 Å². The maximum absolute atomic E-state index is 12.8. The van der Waals surface area contributed by atoms with Crippen LogP contribution in [0.25, 0.3) is 12.2 Å². The number of nitrogens with one attached hydrogen (secondary N) is 1. The highest BCUT2D eigenvalue weighted by Gasteiger charge is 2.25. The van der Waals surface area contributed by atoms with Crippen molar-refractivity contribution in [2.75, 3.05) is 5.73 Å². The number of allylic oxidation sites excluding steroid dienone is 1. The predicted molar refractivity (Wildman–Crippen MR) is 109 cm³/mol. The number of nitrogens with two attached hydrogens (primary N) is 1. The van der Waals surface area contributed by atoms with Crippen LogP contribution in [0.15, 0.2) is 54.1 Å². The summed E-state index contributed by atoms with van der Waals surface area (Å²) < 4.78 is 30.5. The molecule has 1 aromatic heterocycles. The highest BCUT2D eigenvalue weighted by atomic mass is 32.2. The van der Waals surface area contributed by atoms with Crippen LogP contribution in [0, 0.1) is 5.92 Å². The van der Waals surface area contributed by atoms with Gasteiger partial charge in [0, 0.05) is 24.5 Å². The van der Waals surface area contributed by atoms with Crippen LogP contribution in [-0.2, 0) is 16.6 Å². The zero-order valence-electron chi connectivity index (χ0n) is 15.5. The zero-order valence-corrected chi connectivity index (χ0v) is 16.3. The van der Waals surface area contributed by atoms with Crippen LogP contribution in [0.3, 0.4) is 0 Å². The Morgan fingerprint density at radius 1 is 1.27 bits per heavy atom. The number of aromatic nitrogens is 1. The van der Waals surface area contributed by atoms with Gasteiger partial charge < -0.3 is 10.3 Å². The first-order valence-electron chi connectivity index (χ1n) is 8.61. The average Bonchev–Trinajstić information content (AvgIpc) is 2.96. The molecule has 1 atom stereocenters. The van der Waals surface area contributed by atoms with Gasteiger partial charge in [-0.05, 0) is 42.7 Å². The molecule has 140 valence electrons. The van der Waals surface area contributed by atoms with Crippen molar-refractivity contribution in [3.63, 3.8) is 0 Å². The molecular formula is C20H27N3O2S. The van der Waals surface area contributed by atoms with E-state index >= 15 is 0 Å². The summed E-state index contributed by atoms with van der Waals surface area (Å²) in [5, 5.41) is 0. The summed E-state index contributed by atoms with van der Waals surface area (Å²) in [5.74, 6) is 0.0998. The third kappa shape index (κ3) is 4.45. The van der Waals surface area contributed by atoms with Crippen LogP contribution in [-0.4, -0.2) is 19.0 Å². The van der Waals surface area contributed by atoms with Crippen molar-refractivity contribution in [3.8, 4) is 0 Å². The number of hydrogen-bond acceptors (Lipinski definition) is 3. The number of sulfonamides is 1. The number of hydrogen-bond donors (Lipinski definition) is 2. The Morgan fingerprint density at radius 3 is 2.54 bits per heavy atom. The van der Waals surface area contributed by atoms with Crippen LogP contribution < -0.4 is 10.5 Å².